The maximum atomic E-state index is 12.4. The van der Waals surface area contributed by atoms with Gasteiger partial charge in [0.05, 0.1) is 6.61 Å². The molecule has 0 aliphatic heterocycles. The summed E-state index contributed by atoms with van der Waals surface area (Å²) in [5, 5.41) is 4.18. The highest BCUT2D eigenvalue weighted by Gasteiger charge is 2.22. The number of esters is 1. The number of carbonyl (C=O) groups is 2. The van der Waals surface area contributed by atoms with Crippen molar-refractivity contribution in [2.24, 2.45) is 0 Å². The number of aryl methyl sites for hydroxylation is 2. The molecule has 0 saturated carbocycles. The van der Waals surface area contributed by atoms with Crippen molar-refractivity contribution in [2.45, 2.75) is 27.7 Å². The molecule has 0 saturated heterocycles. The Labute approximate surface area is 128 Å². The van der Waals surface area contributed by atoms with E-state index in [0.29, 0.717) is 12.3 Å². The van der Waals surface area contributed by atoms with E-state index in [0.717, 1.165) is 11.4 Å². The predicted octanol–water partition coefficient (Wildman–Crippen LogP) is 0.766. The molecular formula is C14H19N5O3. The zero-order chi connectivity index (χ0) is 16.3. The van der Waals surface area contributed by atoms with Gasteiger partial charge >= 0.3 is 5.97 Å². The summed E-state index contributed by atoms with van der Waals surface area (Å²) in [4.78, 5) is 33.7. The Morgan fingerprint density at radius 1 is 1.27 bits per heavy atom. The van der Waals surface area contributed by atoms with Gasteiger partial charge in [0, 0.05) is 17.9 Å². The van der Waals surface area contributed by atoms with E-state index in [9.17, 15) is 9.59 Å². The molecule has 2 rings (SSSR count). The minimum atomic E-state index is -0.452. The average molecular weight is 305 g/mol. The Morgan fingerprint density at radius 3 is 2.64 bits per heavy atom. The normalized spacial score (nSPS) is 10.7. The third-order valence-corrected chi connectivity index (χ3v) is 3.10. The van der Waals surface area contributed by atoms with Crippen molar-refractivity contribution in [1.82, 2.24) is 24.5 Å². The Bertz CT molecular complexity index is 710. The van der Waals surface area contributed by atoms with Gasteiger partial charge in [-0.1, -0.05) is 0 Å². The van der Waals surface area contributed by atoms with Gasteiger partial charge in [0.25, 0.3) is 11.7 Å². The Hall–Kier alpha value is -2.51. The van der Waals surface area contributed by atoms with E-state index >= 15 is 0 Å². The third-order valence-electron chi connectivity index (χ3n) is 3.10. The highest BCUT2D eigenvalue weighted by atomic mass is 16.5. The van der Waals surface area contributed by atoms with Gasteiger partial charge in [-0.3, -0.25) is 9.59 Å². The molecule has 118 valence electrons. The van der Waals surface area contributed by atoms with Crippen LogP contribution in [-0.4, -0.2) is 56.1 Å². The van der Waals surface area contributed by atoms with Crippen molar-refractivity contribution in [3.8, 4) is 0 Å². The molecule has 0 bridgehead atoms. The van der Waals surface area contributed by atoms with E-state index in [1.54, 1.807) is 13.8 Å². The molecule has 2 heterocycles. The van der Waals surface area contributed by atoms with Gasteiger partial charge in [-0.15, -0.1) is 5.10 Å². The second kappa shape index (κ2) is 6.50. The first-order valence-corrected chi connectivity index (χ1v) is 7.12. The first-order chi connectivity index (χ1) is 10.5. The number of likely N-dealkylation sites (N-methyl/N-ethyl adjacent to an activating group) is 1. The number of aromatic nitrogens is 4. The molecular weight excluding hydrogens is 286 g/mol. The lowest BCUT2D eigenvalue weighted by atomic mass is 10.4. The molecule has 0 aliphatic rings. The van der Waals surface area contributed by atoms with Crippen LogP contribution in [0.4, 0.5) is 0 Å². The molecule has 0 N–H and O–H groups in total. The summed E-state index contributed by atoms with van der Waals surface area (Å²) in [6.07, 6.45) is 0. The molecule has 0 spiro atoms. The van der Waals surface area contributed by atoms with Gasteiger partial charge in [-0.05, 0) is 33.8 Å². The van der Waals surface area contributed by atoms with Crippen LogP contribution in [0.3, 0.4) is 0 Å². The van der Waals surface area contributed by atoms with Crippen molar-refractivity contribution in [2.75, 3.05) is 19.7 Å². The predicted molar refractivity (Wildman–Crippen MR) is 78.5 cm³/mol. The van der Waals surface area contributed by atoms with Crippen LogP contribution in [0.2, 0.25) is 0 Å². The molecule has 8 nitrogen and oxygen atoms in total. The number of rotatable bonds is 5. The van der Waals surface area contributed by atoms with Gasteiger partial charge in [-0.25, -0.2) is 9.50 Å². The Morgan fingerprint density at radius 2 is 2.00 bits per heavy atom. The molecule has 0 fully saturated rings. The number of carbonyl (C=O) groups excluding carboxylic acids is 2. The highest BCUT2D eigenvalue weighted by Crippen LogP contribution is 2.07. The maximum absolute atomic E-state index is 12.4. The molecule has 22 heavy (non-hydrogen) atoms. The van der Waals surface area contributed by atoms with E-state index in [4.69, 9.17) is 4.74 Å². The standard InChI is InChI=1S/C14H19N5O3/c1-5-18(8-11(20)22-6-2)13(21)12-16-14-15-9(3)7-10(4)19(14)17-12/h7H,5-6,8H2,1-4H3. The molecule has 0 aliphatic carbocycles. The zero-order valence-corrected chi connectivity index (χ0v) is 13.2. The quantitative estimate of drug-likeness (QED) is 0.758. The summed E-state index contributed by atoms with van der Waals surface area (Å²) in [6, 6.07) is 1.85. The van der Waals surface area contributed by atoms with Crippen molar-refractivity contribution in [3.05, 3.63) is 23.3 Å². The van der Waals surface area contributed by atoms with Crippen molar-refractivity contribution in [3.63, 3.8) is 0 Å². The number of nitrogens with zero attached hydrogens (tertiary/aromatic N) is 5. The van der Waals surface area contributed by atoms with Gasteiger partial charge in [-0.2, -0.15) is 4.98 Å². The van der Waals surface area contributed by atoms with Crippen molar-refractivity contribution < 1.29 is 14.3 Å². The molecule has 2 aromatic rings. The van der Waals surface area contributed by atoms with E-state index < -0.39 is 11.9 Å². The molecule has 0 radical (unpaired) electrons. The largest absolute Gasteiger partial charge is 0.465 e. The third kappa shape index (κ3) is 3.21. The van der Waals surface area contributed by atoms with Crippen LogP contribution in [-0.2, 0) is 9.53 Å². The van der Waals surface area contributed by atoms with Gasteiger partial charge in [0.1, 0.15) is 6.54 Å². The van der Waals surface area contributed by atoms with Gasteiger partial charge in [0.15, 0.2) is 0 Å². The van der Waals surface area contributed by atoms with E-state index in [1.165, 1.54) is 9.42 Å². The lowest BCUT2D eigenvalue weighted by Gasteiger charge is -2.17. The highest BCUT2D eigenvalue weighted by molar-refractivity contribution is 5.93. The molecule has 1 amide bonds. The summed E-state index contributed by atoms with van der Waals surface area (Å²) in [5.41, 5.74) is 1.64. The number of ether oxygens (including phenoxy) is 1. The van der Waals surface area contributed by atoms with E-state index in [1.807, 2.05) is 19.9 Å². The van der Waals surface area contributed by atoms with Crippen molar-refractivity contribution in [1.29, 1.82) is 0 Å². The molecule has 0 atom stereocenters. The lowest BCUT2D eigenvalue weighted by molar-refractivity contribution is -0.143. The Balaban J connectivity index is 2.27. The van der Waals surface area contributed by atoms with Crippen LogP contribution >= 0.6 is 0 Å². The van der Waals surface area contributed by atoms with Crippen molar-refractivity contribution >= 4 is 17.7 Å². The molecule has 8 heteroatoms. The molecule has 0 aromatic carbocycles. The first-order valence-electron chi connectivity index (χ1n) is 7.12. The van der Waals surface area contributed by atoms with Gasteiger partial charge < -0.3 is 9.64 Å². The first kappa shape index (κ1) is 15.9. The minimum Gasteiger partial charge on any atom is -0.465 e. The summed E-state index contributed by atoms with van der Waals surface area (Å²) < 4.78 is 6.38. The van der Waals surface area contributed by atoms with Crippen LogP contribution in [0, 0.1) is 13.8 Å². The van der Waals surface area contributed by atoms with E-state index in [-0.39, 0.29) is 19.0 Å². The van der Waals surface area contributed by atoms with Crippen LogP contribution in [0.5, 0.6) is 0 Å². The SMILES string of the molecule is CCOC(=O)CN(CC)C(=O)c1nc2nc(C)cc(C)n2n1. The zero-order valence-electron chi connectivity index (χ0n) is 13.2. The smallest absolute Gasteiger partial charge is 0.325 e. The fourth-order valence-corrected chi connectivity index (χ4v) is 2.09. The molecule has 2 aromatic heterocycles. The maximum Gasteiger partial charge on any atom is 0.325 e. The van der Waals surface area contributed by atoms with E-state index in [2.05, 4.69) is 15.1 Å². The summed E-state index contributed by atoms with van der Waals surface area (Å²) in [6.45, 7) is 7.72. The fraction of sp³-hybridized carbons (Fsp3) is 0.500. The number of amides is 1. The number of hydrogen-bond acceptors (Lipinski definition) is 6. The number of fused-ring (bicyclic) bond motifs is 1. The fourth-order valence-electron chi connectivity index (χ4n) is 2.09. The van der Waals surface area contributed by atoms with Crippen LogP contribution in [0.15, 0.2) is 6.07 Å². The topological polar surface area (TPSA) is 89.7 Å². The summed E-state index contributed by atoms with van der Waals surface area (Å²) in [5.74, 6) is -0.481. The molecule has 0 unspecified atom stereocenters. The Kier molecular flexibility index (Phi) is 4.69. The average Bonchev–Trinajstić information content (AvgIpc) is 2.88. The summed E-state index contributed by atoms with van der Waals surface area (Å²) in [7, 11) is 0. The number of hydrogen-bond donors (Lipinski definition) is 0. The monoisotopic (exact) mass is 305 g/mol. The van der Waals surface area contributed by atoms with Crippen LogP contribution < -0.4 is 0 Å². The van der Waals surface area contributed by atoms with Crippen LogP contribution in [0.1, 0.15) is 35.9 Å². The lowest BCUT2D eigenvalue weighted by Crippen LogP contribution is -2.37. The minimum absolute atomic E-state index is 0.0207. The second-order valence-corrected chi connectivity index (χ2v) is 4.81. The van der Waals surface area contributed by atoms with Gasteiger partial charge in [0.2, 0.25) is 5.82 Å². The van der Waals surface area contributed by atoms with Crippen LogP contribution in [0.25, 0.3) is 5.78 Å². The second-order valence-electron chi connectivity index (χ2n) is 4.81. The summed E-state index contributed by atoms with van der Waals surface area (Å²) >= 11 is 0.